The molecule has 3 aromatic rings. The quantitative estimate of drug-likeness (QED) is 0.596. The van der Waals surface area contributed by atoms with E-state index < -0.39 is 0 Å². The Bertz CT molecular complexity index is 701. The van der Waals surface area contributed by atoms with Gasteiger partial charge in [0.1, 0.15) is 11.5 Å². The number of para-hydroxylation sites is 1. The Balaban J connectivity index is 2.03. The van der Waals surface area contributed by atoms with Crippen molar-refractivity contribution < 1.29 is 4.74 Å². The lowest BCUT2D eigenvalue weighted by Crippen LogP contribution is -1.90. The van der Waals surface area contributed by atoms with Crippen LogP contribution in [0.15, 0.2) is 66.7 Å². The maximum atomic E-state index is 5.97. The summed E-state index contributed by atoms with van der Waals surface area (Å²) in [4.78, 5) is 0. The van der Waals surface area contributed by atoms with E-state index in [4.69, 9.17) is 4.74 Å². The molecular weight excluding hydrogens is 244 g/mol. The summed E-state index contributed by atoms with van der Waals surface area (Å²) >= 11 is 0. The third-order valence-corrected chi connectivity index (χ3v) is 3.42. The molecule has 0 aromatic heterocycles. The van der Waals surface area contributed by atoms with Crippen molar-refractivity contribution in [1.29, 1.82) is 0 Å². The van der Waals surface area contributed by atoms with Gasteiger partial charge in [0, 0.05) is 0 Å². The monoisotopic (exact) mass is 262 g/mol. The van der Waals surface area contributed by atoms with Gasteiger partial charge in [0.05, 0.1) is 0 Å². The van der Waals surface area contributed by atoms with Gasteiger partial charge in [-0.1, -0.05) is 55.8 Å². The van der Waals surface area contributed by atoms with Crippen molar-refractivity contribution in [2.45, 2.75) is 19.8 Å². The Hall–Kier alpha value is -2.28. The molecule has 0 saturated heterocycles. The molecule has 1 nitrogen and oxygen atoms in total. The summed E-state index contributed by atoms with van der Waals surface area (Å²) in [5, 5.41) is 2.57. The molecule has 1 heteroatoms. The summed E-state index contributed by atoms with van der Waals surface area (Å²) in [6.07, 6.45) is 2.21. The highest BCUT2D eigenvalue weighted by Gasteiger charge is 2.05. The lowest BCUT2D eigenvalue weighted by atomic mass is 10.0. The van der Waals surface area contributed by atoms with Crippen molar-refractivity contribution in [3.63, 3.8) is 0 Å². The minimum Gasteiger partial charge on any atom is -0.457 e. The van der Waals surface area contributed by atoms with Crippen molar-refractivity contribution in [1.82, 2.24) is 0 Å². The second-order valence-corrected chi connectivity index (χ2v) is 4.97. The largest absolute Gasteiger partial charge is 0.457 e. The van der Waals surface area contributed by atoms with Crippen LogP contribution in [0.5, 0.6) is 11.5 Å². The average molecular weight is 262 g/mol. The van der Waals surface area contributed by atoms with Crippen molar-refractivity contribution >= 4 is 10.8 Å². The fraction of sp³-hybridized carbons (Fsp3) is 0.158. The summed E-state index contributed by atoms with van der Waals surface area (Å²) in [6.45, 7) is 2.21. The fourth-order valence-corrected chi connectivity index (χ4v) is 2.52. The van der Waals surface area contributed by atoms with E-state index in [-0.39, 0.29) is 0 Å². The SMILES string of the molecule is CCCc1cc(Oc2ccccc2)cc2ccccc12. The van der Waals surface area contributed by atoms with E-state index in [0.717, 1.165) is 24.3 Å². The topological polar surface area (TPSA) is 9.23 Å². The molecule has 3 aromatic carbocycles. The van der Waals surface area contributed by atoms with Crippen LogP contribution in [0.1, 0.15) is 18.9 Å². The first-order valence-electron chi connectivity index (χ1n) is 7.11. The predicted octanol–water partition coefficient (Wildman–Crippen LogP) is 5.58. The van der Waals surface area contributed by atoms with Gasteiger partial charge in [-0.05, 0) is 47.0 Å². The molecule has 0 N–H and O–H groups in total. The Morgan fingerprint density at radius 1 is 0.800 bits per heavy atom. The Labute approximate surface area is 119 Å². The van der Waals surface area contributed by atoms with E-state index in [9.17, 15) is 0 Å². The van der Waals surface area contributed by atoms with Gasteiger partial charge in [-0.15, -0.1) is 0 Å². The minimum absolute atomic E-state index is 0.880. The molecule has 0 amide bonds. The van der Waals surface area contributed by atoms with Gasteiger partial charge in [-0.25, -0.2) is 0 Å². The van der Waals surface area contributed by atoms with Crippen LogP contribution in [0.2, 0.25) is 0 Å². The van der Waals surface area contributed by atoms with E-state index >= 15 is 0 Å². The standard InChI is InChI=1S/C19H18O/c1-2-8-15-13-18(20-17-10-4-3-5-11-17)14-16-9-6-7-12-19(15)16/h3-7,9-14H,2,8H2,1H3. The summed E-state index contributed by atoms with van der Waals surface area (Å²) in [7, 11) is 0. The van der Waals surface area contributed by atoms with Crippen molar-refractivity contribution in [3.05, 3.63) is 72.3 Å². The molecule has 0 spiro atoms. The van der Waals surface area contributed by atoms with E-state index in [1.807, 2.05) is 30.3 Å². The number of aryl methyl sites for hydroxylation is 1. The molecule has 0 heterocycles. The molecule has 20 heavy (non-hydrogen) atoms. The van der Waals surface area contributed by atoms with Gasteiger partial charge in [-0.2, -0.15) is 0 Å². The fourth-order valence-electron chi connectivity index (χ4n) is 2.52. The van der Waals surface area contributed by atoms with Crippen LogP contribution >= 0.6 is 0 Å². The van der Waals surface area contributed by atoms with Crippen LogP contribution in [0.3, 0.4) is 0 Å². The zero-order valence-corrected chi connectivity index (χ0v) is 11.7. The number of fused-ring (bicyclic) bond motifs is 1. The number of benzene rings is 3. The van der Waals surface area contributed by atoms with E-state index in [1.165, 1.54) is 16.3 Å². The number of rotatable bonds is 4. The molecule has 0 unspecified atom stereocenters. The van der Waals surface area contributed by atoms with Crippen LogP contribution in [0.4, 0.5) is 0 Å². The van der Waals surface area contributed by atoms with E-state index in [2.05, 4.69) is 43.3 Å². The maximum Gasteiger partial charge on any atom is 0.128 e. The summed E-state index contributed by atoms with van der Waals surface area (Å²) in [5.41, 5.74) is 1.36. The molecular formula is C19H18O. The Morgan fingerprint density at radius 3 is 2.35 bits per heavy atom. The molecule has 0 saturated carbocycles. The molecule has 0 aliphatic heterocycles. The second-order valence-electron chi connectivity index (χ2n) is 4.97. The van der Waals surface area contributed by atoms with Gasteiger partial charge in [0.15, 0.2) is 0 Å². The van der Waals surface area contributed by atoms with Crippen LogP contribution in [-0.2, 0) is 6.42 Å². The van der Waals surface area contributed by atoms with E-state index in [1.54, 1.807) is 0 Å². The first kappa shape index (κ1) is 12.7. The van der Waals surface area contributed by atoms with Crippen molar-refractivity contribution in [3.8, 4) is 11.5 Å². The minimum atomic E-state index is 0.880. The van der Waals surface area contributed by atoms with Crippen LogP contribution in [-0.4, -0.2) is 0 Å². The van der Waals surface area contributed by atoms with Gasteiger partial charge in [-0.3, -0.25) is 0 Å². The molecule has 0 bridgehead atoms. The molecule has 3 rings (SSSR count). The zero-order chi connectivity index (χ0) is 13.8. The zero-order valence-electron chi connectivity index (χ0n) is 11.7. The van der Waals surface area contributed by atoms with Crippen LogP contribution < -0.4 is 4.74 Å². The first-order valence-corrected chi connectivity index (χ1v) is 7.11. The van der Waals surface area contributed by atoms with Gasteiger partial charge in [0.2, 0.25) is 0 Å². The molecule has 0 aliphatic rings. The maximum absolute atomic E-state index is 5.97. The van der Waals surface area contributed by atoms with E-state index in [0.29, 0.717) is 0 Å². The number of hydrogen-bond acceptors (Lipinski definition) is 1. The highest BCUT2D eigenvalue weighted by atomic mass is 16.5. The predicted molar refractivity (Wildman–Crippen MR) is 84.5 cm³/mol. The van der Waals surface area contributed by atoms with Crippen LogP contribution in [0, 0.1) is 0 Å². The lowest BCUT2D eigenvalue weighted by Gasteiger charge is -2.11. The molecule has 100 valence electrons. The normalized spacial score (nSPS) is 10.7. The smallest absolute Gasteiger partial charge is 0.128 e. The van der Waals surface area contributed by atoms with Gasteiger partial charge >= 0.3 is 0 Å². The third kappa shape index (κ3) is 2.67. The lowest BCUT2D eigenvalue weighted by molar-refractivity contribution is 0.483. The Kier molecular flexibility index (Phi) is 3.69. The Morgan fingerprint density at radius 2 is 1.55 bits per heavy atom. The molecule has 0 atom stereocenters. The average Bonchev–Trinajstić information content (AvgIpc) is 2.49. The summed E-state index contributed by atoms with van der Waals surface area (Å²) < 4.78 is 5.97. The van der Waals surface area contributed by atoms with Crippen LogP contribution in [0.25, 0.3) is 10.8 Å². The molecule has 0 aliphatic carbocycles. The van der Waals surface area contributed by atoms with Gasteiger partial charge < -0.3 is 4.74 Å². The highest BCUT2D eigenvalue weighted by molar-refractivity contribution is 5.87. The molecule has 0 fully saturated rings. The van der Waals surface area contributed by atoms with Crippen molar-refractivity contribution in [2.75, 3.05) is 0 Å². The first-order chi connectivity index (χ1) is 9.86. The molecule has 0 radical (unpaired) electrons. The second kappa shape index (κ2) is 5.79. The highest BCUT2D eigenvalue weighted by Crippen LogP contribution is 2.29. The van der Waals surface area contributed by atoms with Gasteiger partial charge in [0.25, 0.3) is 0 Å². The number of hydrogen-bond donors (Lipinski definition) is 0. The van der Waals surface area contributed by atoms with Crippen molar-refractivity contribution in [2.24, 2.45) is 0 Å². The summed E-state index contributed by atoms with van der Waals surface area (Å²) in [6, 6.07) is 22.7. The third-order valence-electron chi connectivity index (χ3n) is 3.42. The summed E-state index contributed by atoms with van der Waals surface area (Å²) in [5.74, 6) is 1.79. The number of ether oxygens (including phenoxy) is 1.